The van der Waals surface area contributed by atoms with E-state index in [1.165, 1.54) is 6.07 Å². The fourth-order valence-corrected chi connectivity index (χ4v) is 1.39. The number of nitrogens with two attached hydrogens (primary N) is 1. The van der Waals surface area contributed by atoms with Crippen LogP contribution in [0.4, 0.5) is 0 Å². The molecule has 0 saturated carbocycles. The molecule has 0 saturated heterocycles. The first-order valence-electron chi connectivity index (χ1n) is 5.28. The Bertz CT molecular complexity index is 544. The first kappa shape index (κ1) is 11.9. The van der Waals surface area contributed by atoms with Crippen LogP contribution >= 0.6 is 0 Å². The Morgan fingerprint density at radius 2 is 2.28 bits per heavy atom. The highest BCUT2D eigenvalue weighted by atomic mass is 16.4. The summed E-state index contributed by atoms with van der Waals surface area (Å²) in [6.45, 7) is 0.226. The maximum Gasteiger partial charge on any atom is 0.287 e. The molecule has 0 aliphatic rings. The molecule has 94 valence electrons. The van der Waals surface area contributed by atoms with Crippen LogP contribution in [0.15, 0.2) is 35.0 Å². The van der Waals surface area contributed by atoms with Crippen molar-refractivity contribution in [1.82, 2.24) is 15.1 Å². The average molecular weight is 248 g/mol. The summed E-state index contributed by atoms with van der Waals surface area (Å²) in [5, 5.41) is 6.36. The molecule has 2 heterocycles. The fraction of sp³-hybridized carbons (Fsp3) is 0.182. The third kappa shape index (κ3) is 2.97. The number of aromatic nitrogens is 2. The van der Waals surface area contributed by atoms with Crippen molar-refractivity contribution in [1.29, 1.82) is 0 Å². The van der Waals surface area contributed by atoms with E-state index in [4.69, 9.17) is 10.2 Å². The van der Waals surface area contributed by atoms with Gasteiger partial charge in [0.05, 0.1) is 13.1 Å². The van der Waals surface area contributed by atoms with Gasteiger partial charge in [-0.05, 0) is 18.2 Å². The van der Waals surface area contributed by atoms with E-state index in [0.29, 0.717) is 12.3 Å². The molecule has 0 radical (unpaired) electrons. The van der Waals surface area contributed by atoms with Crippen LogP contribution < -0.4 is 11.1 Å². The van der Waals surface area contributed by atoms with Gasteiger partial charge in [-0.3, -0.25) is 14.3 Å². The number of hydrogen-bond acceptors (Lipinski definition) is 4. The van der Waals surface area contributed by atoms with Gasteiger partial charge >= 0.3 is 0 Å². The molecular weight excluding hydrogens is 236 g/mol. The number of nitrogens with one attached hydrogen (secondary N) is 1. The van der Waals surface area contributed by atoms with Crippen LogP contribution in [-0.2, 0) is 11.3 Å². The summed E-state index contributed by atoms with van der Waals surface area (Å²) < 4.78 is 7.00. The molecule has 7 nitrogen and oxygen atoms in total. The number of carbonyl (C=O) groups excluding carboxylic acids is 2. The monoisotopic (exact) mass is 248 g/mol. The fourth-order valence-electron chi connectivity index (χ4n) is 1.39. The summed E-state index contributed by atoms with van der Waals surface area (Å²) >= 11 is 0. The Morgan fingerprint density at radius 3 is 2.94 bits per heavy atom. The SMILES string of the molecule is NC(=O)CNC(=O)c1ccc(Cn2cccn2)o1. The lowest BCUT2D eigenvalue weighted by Crippen LogP contribution is -2.33. The van der Waals surface area contributed by atoms with Crippen molar-refractivity contribution in [3.63, 3.8) is 0 Å². The van der Waals surface area contributed by atoms with Gasteiger partial charge in [0.15, 0.2) is 5.76 Å². The molecule has 2 rings (SSSR count). The molecule has 7 heteroatoms. The minimum Gasteiger partial charge on any atom is -0.454 e. The van der Waals surface area contributed by atoms with E-state index >= 15 is 0 Å². The molecule has 2 aromatic heterocycles. The molecule has 2 amide bonds. The summed E-state index contributed by atoms with van der Waals surface area (Å²) in [4.78, 5) is 22.0. The highest BCUT2D eigenvalue weighted by Crippen LogP contribution is 2.09. The van der Waals surface area contributed by atoms with E-state index in [1.807, 2.05) is 0 Å². The molecule has 3 N–H and O–H groups in total. The molecule has 0 aliphatic heterocycles. The smallest absolute Gasteiger partial charge is 0.287 e. The van der Waals surface area contributed by atoms with Crippen molar-refractivity contribution in [3.05, 3.63) is 42.1 Å². The first-order chi connectivity index (χ1) is 8.65. The van der Waals surface area contributed by atoms with Gasteiger partial charge in [0, 0.05) is 12.4 Å². The second-order valence-electron chi connectivity index (χ2n) is 3.62. The molecule has 0 aliphatic carbocycles. The van der Waals surface area contributed by atoms with Crippen LogP contribution in [0.25, 0.3) is 0 Å². The van der Waals surface area contributed by atoms with Gasteiger partial charge in [-0.2, -0.15) is 5.10 Å². The summed E-state index contributed by atoms with van der Waals surface area (Å²) in [6, 6.07) is 5.01. The Labute approximate surface area is 103 Å². The molecule has 0 unspecified atom stereocenters. The molecule has 0 bridgehead atoms. The van der Waals surface area contributed by atoms with Crippen molar-refractivity contribution in [2.24, 2.45) is 5.73 Å². The molecule has 18 heavy (non-hydrogen) atoms. The second-order valence-corrected chi connectivity index (χ2v) is 3.62. The maximum absolute atomic E-state index is 11.5. The van der Waals surface area contributed by atoms with Gasteiger partial charge in [0.1, 0.15) is 5.76 Å². The molecule has 2 aromatic rings. The standard InChI is InChI=1S/C11H12N4O3/c12-10(16)6-13-11(17)9-3-2-8(18-9)7-15-5-1-4-14-15/h1-5H,6-7H2,(H2,12,16)(H,13,17). The number of hydrogen-bond donors (Lipinski definition) is 2. The summed E-state index contributed by atoms with van der Waals surface area (Å²) in [7, 11) is 0. The van der Waals surface area contributed by atoms with Crippen molar-refractivity contribution in [2.45, 2.75) is 6.54 Å². The zero-order valence-corrected chi connectivity index (χ0v) is 9.50. The lowest BCUT2D eigenvalue weighted by molar-refractivity contribution is -0.117. The first-order valence-corrected chi connectivity index (χ1v) is 5.28. The summed E-state index contributed by atoms with van der Waals surface area (Å²) in [6.07, 6.45) is 3.44. The normalized spacial score (nSPS) is 10.2. The van der Waals surface area contributed by atoms with Gasteiger partial charge in [0.2, 0.25) is 5.91 Å². The van der Waals surface area contributed by atoms with Crippen LogP contribution in [-0.4, -0.2) is 28.1 Å². The predicted molar refractivity (Wildman–Crippen MR) is 61.6 cm³/mol. The minimum absolute atomic E-state index is 0.137. The highest BCUT2D eigenvalue weighted by molar-refractivity contribution is 5.93. The Hall–Kier alpha value is -2.57. The van der Waals surface area contributed by atoms with Gasteiger partial charge in [-0.15, -0.1) is 0 Å². The van der Waals surface area contributed by atoms with E-state index in [9.17, 15) is 9.59 Å². The maximum atomic E-state index is 11.5. The minimum atomic E-state index is -0.605. The van der Waals surface area contributed by atoms with Crippen LogP contribution in [0.1, 0.15) is 16.3 Å². The van der Waals surface area contributed by atoms with Gasteiger partial charge in [0.25, 0.3) is 5.91 Å². The van der Waals surface area contributed by atoms with Gasteiger partial charge < -0.3 is 15.5 Å². The predicted octanol–water partition coefficient (Wildman–Crippen LogP) is -0.261. The number of carbonyl (C=O) groups is 2. The summed E-state index contributed by atoms with van der Waals surface area (Å²) in [5.41, 5.74) is 4.92. The molecular formula is C11H12N4O3. The Kier molecular flexibility index (Phi) is 3.42. The number of rotatable bonds is 5. The van der Waals surface area contributed by atoms with E-state index in [2.05, 4.69) is 10.4 Å². The average Bonchev–Trinajstić information content (AvgIpc) is 2.98. The molecule has 0 aromatic carbocycles. The Balaban J connectivity index is 1.97. The van der Waals surface area contributed by atoms with Crippen molar-refractivity contribution >= 4 is 11.8 Å². The summed E-state index contributed by atoms with van der Waals surface area (Å²) in [5.74, 6) is -0.339. The third-order valence-electron chi connectivity index (χ3n) is 2.19. The molecule has 0 spiro atoms. The van der Waals surface area contributed by atoms with E-state index in [-0.39, 0.29) is 12.3 Å². The number of primary amides is 1. The Morgan fingerprint density at radius 1 is 1.44 bits per heavy atom. The largest absolute Gasteiger partial charge is 0.454 e. The topological polar surface area (TPSA) is 103 Å². The number of furan rings is 1. The third-order valence-corrected chi connectivity index (χ3v) is 2.19. The van der Waals surface area contributed by atoms with Crippen LogP contribution in [0.5, 0.6) is 0 Å². The quantitative estimate of drug-likeness (QED) is 0.760. The number of nitrogens with zero attached hydrogens (tertiary/aromatic N) is 2. The van der Waals surface area contributed by atoms with Gasteiger partial charge in [-0.25, -0.2) is 0 Å². The lowest BCUT2D eigenvalue weighted by Gasteiger charge is -1.99. The van der Waals surface area contributed by atoms with Crippen molar-refractivity contribution < 1.29 is 14.0 Å². The van der Waals surface area contributed by atoms with Crippen LogP contribution in [0.2, 0.25) is 0 Å². The zero-order chi connectivity index (χ0) is 13.0. The van der Waals surface area contributed by atoms with Crippen molar-refractivity contribution in [3.8, 4) is 0 Å². The van der Waals surface area contributed by atoms with E-state index in [1.54, 1.807) is 29.2 Å². The second kappa shape index (κ2) is 5.17. The number of amides is 2. The highest BCUT2D eigenvalue weighted by Gasteiger charge is 2.11. The van der Waals surface area contributed by atoms with E-state index in [0.717, 1.165) is 0 Å². The molecule has 0 atom stereocenters. The van der Waals surface area contributed by atoms with Gasteiger partial charge in [-0.1, -0.05) is 0 Å². The molecule has 0 fully saturated rings. The van der Waals surface area contributed by atoms with Crippen LogP contribution in [0.3, 0.4) is 0 Å². The zero-order valence-electron chi connectivity index (χ0n) is 9.50. The van der Waals surface area contributed by atoms with E-state index < -0.39 is 11.8 Å². The van der Waals surface area contributed by atoms with Crippen molar-refractivity contribution in [2.75, 3.05) is 6.54 Å². The lowest BCUT2D eigenvalue weighted by atomic mass is 10.4. The van der Waals surface area contributed by atoms with Crippen LogP contribution in [0, 0.1) is 0 Å².